The molecular weight excluding hydrogens is 142 g/mol. The SMILES string of the molecule is CCC1CC(C(N)C(=O)O)C1. The minimum absolute atomic E-state index is 0.234. The Balaban J connectivity index is 2.26. The van der Waals surface area contributed by atoms with E-state index in [1.54, 1.807) is 0 Å². The van der Waals surface area contributed by atoms with E-state index in [0.29, 0.717) is 0 Å². The Morgan fingerprint density at radius 1 is 1.73 bits per heavy atom. The highest BCUT2D eigenvalue weighted by atomic mass is 16.4. The topological polar surface area (TPSA) is 63.3 Å². The van der Waals surface area contributed by atoms with Crippen molar-refractivity contribution in [2.24, 2.45) is 17.6 Å². The normalized spacial score (nSPS) is 32.5. The summed E-state index contributed by atoms with van der Waals surface area (Å²) in [6.07, 6.45) is 3.16. The summed E-state index contributed by atoms with van der Waals surface area (Å²) in [6.45, 7) is 2.13. The summed E-state index contributed by atoms with van der Waals surface area (Å²) < 4.78 is 0. The second kappa shape index (κ2) is 3.22. The largest absolute Gasteiger partial charge is 0.480 e. The summed E-state index contributed by atoms with van der Waals surface area (Å²) in [5.41, 5.74) is 5.44. The second-order valence-electron chi connectivity index (χ2n) is 3.37. The van der Waals surface area contributed by atoms with Crippen LogP contribution in [0.15, 0.2) is 0 Å². The van der Waals surface area contributed by atoms with Gasteiger partial charge in [-0.15, -0.1) is 0 Å². The van der Waals surface area contributed by atoms with Crippen molar-refractivity contribution in [2.45, 2.75) is 32.2 Å². The highest BCUT2D eigenvalue weighted by molar-refractivity contribution is 5.73. The Kier molecular flexibility index (Phi) is 2.49. The van der Waals surface area contributed by atoms with E-state index in [1.807, 2.05) is 0 Å². The van der Waals surface area contributed by atoms with E-state index in [0.717, 1.165) is 25.2 Å². The smallest absolute Gasteiger partial charge is 0.320 e. The molecule has 64 valence electrons. The highest BCUT2D eigenvalue weighted by Gasteiger charge is 2.35. The van der Waals surface area contributed by atoms with Gasteiger partial charge in [0.2, 0.25) is 0 Å². The zero-order valence-corrected chi connectivity index (χ0v) is 6.79. The van der Waals surface area contributed by atoms with Crippen LogP contribution in [0, 0.1) is 11.8 Å². The molecule has 3 heteroatoms. The molecule has 0 aliphatic heterocycles. The van der Waals surface area contributed by atoms with Crippen molar-refractivity contribution in [3.8, 4) is 0 Å². The Labute approximate surface area is 66.6 Å². The van der Waals surface area contributed by atoms with Gasteiger partial charge in [0.05, 0.1) is 0 Å². The van der Waals surface area contributed by atoms with E-state index in [4.69, 9.17) is 10.8 Å². The van der Waals surface area contributed by atoms with Crippen LogP contribution in [0.3, 0.4) is 0 Å². The number of aliphatic carboxylic acids is 1. The fraction of sp³-hybridized carbons (Fsp3) is 0.875. The Bertz CT molecular complexity index is 152. The minimum Gasteiger partial charge on any atom is -0.480 e. The summed E-state index contributed by atoms with van der Waals surface area (Å²) >= 11 is 0. The van der Waals surface area contributed by atoms with Crippen molar-refractivity contribution in [2.75, 3.05) is 0 Å². The van der Waals surface area contributed by atoms with Crippen molar-refractivity contribution in [1.29, 1.82) is 0 Å². The van der Waals surface area contributed by atoms with Crippen LogP contribution in [0.5, 0.6) is 0 Å². The molecule has 1 rings (SSSR count). The molecular formula is C8H15NO2. The predicted molar refractivity (Wildman–Crippen MR) is 42.1 cm³/mol. The van der Waals surface area contributed by atoms with Crippen LogP contribution in [0.25, 0.3) is 0 Å². The zero-order valence-electron chi connectivity index (χ0n) is 6.79. The van der Waals surface area contributed by atoms with Crippen molar-refractivity contribution >= 4 is 5.97 Å². The van der Waals surface area contributed by atoms with Crippen LogP contribution in [-0.4, -0.2) is 17.1 Å². The lowest BCUT2D eigenvalue weighted by atomic mass is 9.70. The van der Waals surface area contributed by atoms with Gasteiger partial charge in [-0.1, -0.05) is 13.3 Å². The van der Waals surface area contributed by atoms with E-state index >= 15 is 0 Å². The van der Waals surface area contributed by atoms with Gasteiger partial charge in [-0.05, 0) is 24.7 Å². The number of carbonyl (C=O) groups is 1. The number of carboxylic acid groups (broad SMARTS) is 1. The van der Waals surface area contributed by atoms with E-state index in [1.165, 1.54) is 0 Å². The van der Waals surface area contributed by atoms with Gasteiger partial charge in [-0.3, -0.25) is 4.79 Å². The lowest BCUT2D eigenvalue weighted by molar-refractivity contribution is -0.141. The summed E-state index contributed by atoms with van der Waals surface area (Å²) in [5, 5.41) is 8.55. The van der Waals surface area contributed by atoms with Crippen LogP contribution in [0.1, 0.15) is 26.2 Å². The molecule has 0 aromatic rings. The van der Waals surface area contributed by atoms with Gasteiger partial charge < -0.3 is 10.8 Å². The van der Waals surface area contributed by atoms with Gasteiger partial charge in [0.25, 0.3) is 0 Å². The molecule has 0 heterocycles. The Hall–Kier alpha value is -0.570. The monoisotopic (exact) mass is 157 g/mol. The van der Waals surface area contributed by atoms with Gasteiger partial charge >= 0.3 is 5.97 Å². The molecule has 1 saturated carbocycles. The molecule has 1 unspecified atom stereocenters. The third kappa shape index (κ3) is 1.71. The second-order valence-corrected chi connectivity index (χ2v) is 3.37. The standard InChI is InChI=1S/C8H15NO2/c1-2-5-3-6(4-5)7(9)8(10)11/h5-7H,2-4,9H2,1H3,(H,10,11). The molecule has 0 aromatic carbocycles. The number of nitrogens with two attached hydrogens (primary N) is 1. The van der Waals surface area contributed by atoms with E-state index in [2.05, 4.69) is 6.92 Å². The average Bonchev–Trinajstić information content (AvgIpc) is 1.85. The number of hydrogen-bond donors (Lipinski definition) is 2. The third-order valence-electron chi connectivity index (χ3n) is 2.64. The molecule has 1 atom stereocenters. The van der Waals surface area contributed by atoms with Crippen LogP contribution in [0.4, 0.5) is 0 Å². The first-order chi connectivity index (χ1) is 5.15. The molecule has 1 aliphatic rings. The Morgan fingerprint density at radius 2 is 2.27 bits per heavy atom. The molecule has 11 heavy (non-hydrogen) atoms. The van der Waals surface area contributed by atoms with Crippen molar-refractivity contribution < 1.29 is 9.90 Å². The zero-order chi connectivity index (χ0) is 8.43. The fourth-order valence-electron chi connectivity index (χ4n) is 1.62. The molecule has 1 fully saturated rings. The molecule has 0 saturated heterocycles. The first-order valence-electron chi connectivity index (χ1n) is 4.13. The summed E-state index contributed by atoms with van der Waals surface area (Å²) in [7, 11) is 0. The maximum absolute atomic E-state index is 10.4. The van der Waals surface area contributed by atoms with Crippen molar-refractivity contribution in [3.05, 3.63) is 0 Å². The van der Waals surface area contributed by atoms with E-state index in [9.17, 15) is 4.79 Å². The summed E-state index contributed by atoms with van der Waals surface area (Å²) in [4.78, 5) is 10.4. The molecule has 0 radical (unpaired) electrons. The van der Waals surface area contributed by atoms with Crippen LogP contribution in [0.2, 0.25) is 0 Å². The molecule has 3 N–H and O–H groups in total. The van der Waals surface area contributed by atoms with Gasteiger partial charge in [0, 0.05) is 0 Å². The van der Waals surface area contributed by atoms with Crippen LogP contribution < -0.4 is 5.73 Å². The molecule has 0 bridgehead atoms. The molecule has 3 nitrogen and oxygen atoms in total. The van der Waals surface area contributed by atoms with Crippen LogP contribution in [-0.2, 0) is 4.79 Å². The van der Waals surface area contributed by atoms with Gasteiger partial charge in [0.1, 0.15) is 6.04 Å². The third-order valence-corrected chi connectivity index (χ3v) is 2.64. The van der Waals surface area contributed by atoms with Crippen LogP contribution >= 0.6 is 0 Å². The number of hydrogen-bond acceptors (Lipinski definition) is 2. The van der Waals surface area contributed by atoms with Crippen molar-refractivity contribution in [3.63, 3.8) is 0 Å². The van der Waals surface area contributed by atoms with Gasteiger partial charge in [0.15, 0.2) is 0 Å². The lowest BCUT2D eigenvalue weighted by Crippen LogP contribution is -2.44. The first kappa shape index (κ1) is 8.53. The van der Waals surface area contributed by atoms with Gasteiger partial charge in [-0.2, -0.15) is 0 Å². The van der Waals surface area contributed by atoms with Gasteiger partial charge in [-0.25, -0.2) is 0 Å². The Morgan fingerprint density at radius 3 is 2.64 bits per heavy atom. The quantitative estimate of drug-likeness (QED) is 0.638. The molecule has 0 amide bonds. The number of carboxylic acids is 1. The van der Waals surface area contributed by atoms with E-state index in [-0.39, 0.29) is 5.92 Å². The summed E-state index contributed by atoms with van der Waals surface area (Å²) in [5.74, 6) is 0.104. The van der Waals surface area contributed by atoms with E-state index < -0.39 is 12.0 Å². The average molecular weight is 157 g/mol. The fourth-order valence-corrected chi connectivity index (χ4v) is 1.62. The highest BCUT2D eigenvalue weighted by Crippen LogP contribution is 2.37. The first-order valence-corrected chi connectivity index (χ1v) is 4.13. The maximum Gasteiger partial charge on any atom is 0.320 e. The summed E-state index contributed by atoms with van der Waals surface area (Å²) in [6, 6.07) is -0.627. The molecule has 0 aromatic heterocycles. The molecule has 0 spiro atoms. The van der Waals surface area contributed by atoms with Crippen molar-refractivity contribution in [1.82, 2.24) is 0 Å². The lowest BCUT2D eigenvalue weighted by Gasteiger charge is -2.36. The number of rotatable bonds is 3. The predicted octanol–water partition coefficient (Wildman–Crippen LogP) is 0.834. The maximum atomic E-state index is 10.4. The minimum atomic E-state index is -0.857. The molecule has 1 aliphatic carbocycles.